The van der Waals surface area contributed by atoms with E-state index in [-0.39, 0.29) is 6.10 Å². The van der Waals surface area contributed by atoms with Crippen molar-refractivity contribution >= 4 is 5.91 Å². The fourth-order valence-electron chi connectivity index (χ4n) is 2.08. The number of carbonyl (C=O) groups is 1. The SMILES string of the molecule is NC(=O)c1c[nH]c(-c2noc([C@@H]3CCCCO3)n2)c1. The van der Waals surface area contributed by atoms with Crippen molar-refractivity contribution in [3.8, 4) is 11.5 Å². The molecule has 7 heteroatoms. The van der Waals surface area contributed by atoms with Crippen LogP contribution in [0.3, 0.4) is 0 Å². The van der Waals surface area contributed by atoms with Gasteiger partial charge in [-0.3, -0.25) is 4.79 Å². The first kappa shape index (κ1) is 11.9. The van der Waals surface area contributed by atoms with E-state index in [0.717, 1.165) is 25.9 Å². The molecular formula is C12H14N4O3. The Labute approximate surface area is 109 Å². The van der Waals surface area contributed by atoms with Gasteiger partial charge in [0.2, 0.25) is 11.7 Å². The molecule has 1 amide bonds. The van der Waals surface area contributed by atoms with Gasteiger partial charge in [0.1, 0.15) is 6.10 Å². The molecule has 0 bridgehead atoms. The zero-order valence-electron chi connectivity index (χ0n) is 10.3. The summed E-state index contributed by atoms with van der Waals surface area (Å²) in [5.74, 6) is 0.378. The van der Waals surface area contributed by atoms with Crippen LogP contribution in [-0.4, -0.2) is 27.6 Å². The largest absolute Gasteiger partial charge is 0.368 e. The van der Waals surface area contributed by atoms with Gasteiger partial charge in [-0.05, 0) is 25.3 Å². The highest BCUT2D eigenvalue weighted by Gasteiger charge is 2.23. The van der Waals surface area contributed by atoms with E-state index in [1.54, 1.807) is 6.07 Å². The van der Waals surface area contributed by atoms with E-state index in [1.807, 2.05) is 0 Å². The minimum atomic E-state index is -0.498. The van der Waals surface area contributed by atoms with Crippen molar-refractivity contribution in [1.82, 2.24) is 15.1 Å². The van der Waals surface area contributed by atoms with Crippen molar-refractivity contribution in [2.24, 2.45) is 5.73 Å². The van der Waals surface area contributed by atoms with E-state index < -0.39 is 5.91 Å². The standard InChI is InChI=1S/C12H14N4O3/c13-10(17)7-5-8(14-6-7)11-15-12(19-16-11)9-3-1-2-4-18-9/h5-6,9,14H,1-4H2,(H2,13,17)/t9-/m0/s1. The maximum Gasteiger partial charge on any atom is 0.256 e. The lowest BCUT2D eigenvalue weighted by atomic mass is 10.1. The molecular weight excluding hydrogens is 248 g/mol. The number of primary amides is 1. The van der Waals surface area contributed by atoms with E-state index in [1.165, 1.54) is 6.20 Å². The molecule has 0 aromatic carbocycles. The number of hydrogen-bond donors (Lipinski definition) is 2. The number of nitrogens with two attached hydrogens (primary N) is 1. The number of nitrogens with one attached hydrogen (secondary N) is 1. The van der Waals surface area contributed by atoms with Crippen LogP contribution in [-0.2, 0) is 4.74 Å². The van der Waals surface area contributed by atoms with Gasteiger partial charge in [-0.2, -0.15) is 4.98 Å². The molecule has 0 spiro atoms. The van der Waals surface area contributed by atoms with E-state index in [0.29, 0.717) is 23.0 Å². The number of carbonyl (C=O) groups excluding carboxylic acids is 1. The fourth-order valence-corrected chi connectivity index (χ4v) is 2.08. The Kier molecular flexibility index (Phi) is 3.04. The topological polar surface area (TPSA) is 107 Å². The summed E-state index contributed by atoms with van der Waals surface area (Å²) < 4.78 is 10.8. The van der Waals surface area contributed by atoms with Crippen LogP contribution < -0.4 is 5.73 Å². The Morgan fingerprint density at radius 3 is 3.05 bits per heavy atom. The molecule has 3 heterocycles. The summed E-state index contributed by atoms with van der Waals surface area (Å²) in [4.78, 5) is 18.2. The molecule has 3 rings (SSSR count). The van der Waals surface area contributed by atoms with Crippen LogP contribution in [0, 0.1) is 0 Å². The Balaban J connectivity index is 1.81. The van der Waals surface area contributed by atoms with Crippen LogP contribution in [0.1, 0.15) is 41.6 Å². The molecule has 3 N–H and O–H groups in total. The molecule has 1 fully saturated rings. The third kappa shape index (κ3) is 2.37. The first-order valence-electron chi connectivity index (χ1n) is 6.18. The van der Waals surface area contributed by atoms with Crippen LogP contribution in [0.25, 0.3) is 11.5 Å². The summed E-state index contributed by atoms with van der Waals surface area (Å²) in [6, 6.07) is 1.60. The maximum atomic E-state index is 11.0. The first-order valence-corrected chi connectivity index (χ1v) is 6.18. The van der Waals surface area contributed by atoms with Gasteiger partial charge in [-0.1, -0.05) is 5.16 Å². The van der Waals surface area contributed by atoms with Crippen LogP contribution in [0.4, 0.5) is 0 Å². The zero-order valence-corrected chi connectivity index (χ0v) is 10.3. The van der Waals surface area contributed by atoms with Gasteiger partial charge in [-0.25, -0.2) is 0 Å². The highest BCUT2D eigenvalue weighted by Crippen LogP contribution is 2.27. The number of hydrogen-bond acceptors (Lipinski definition) is 5. The summed E-state index contributed by atoms with van der Waals surface area (Å²) >= 11 is 0. The summed E-state index contributed by atoms with van der Waals surface area (Å²) in [5.41, 5.74) is 6.17. The van der Waals surface area contributed by atoms with Gasteiger partial charge >= 0.3 is 0 Å². The van der Waals surface area contributed by atoms with E-state index >= 15 is 0 Å². The van der Waals surface area contributed by atoms with Crippen molar-refractivity contribution in [3.63, 3.8) is 0 Å². The second kappa shape index (κ2) is 4.85. The summed E-state index contributed by atoms with van der Waals surface area (Å²) in [6.07, 6.45) is 4.44. The lowest BCUT2D eigenvalue weighted by Crippen LogP contribution is -2.11. The second-order valence-electron chi connectivity index (χ2n) is 4.48. The third-order valence-corrected chi connectivity index (χ3v) is 3.11. The highest BCUT2D eigenvalue weighted by molar-refractivity contribution is 5.93. The second-order valence-corrected chi connectivity index (χ2v) is 4.48. The number of aromatic nitrogens is 3. The predicted molar refractivity (Wildman–Crippen MR) is 65.1 cm³/mol. The number of H-pyrrole nitrogens is 1. The molecule has 1 saturated heterocycles. The highest BCUT2D eigenvalue weighted by atomic mass is 16.5. The molecule has 2 aromatic heterocycles. The van der Waals surface area contributed by atoms with Crippen molar-refractivity contribution in [1.29, 1.82) is 0 Å². The Bertz CT molecular complexity index is 583. The monoisotopic (exact) mass is 262 g/mol. The Hall–Kier alpha value is -2.15. The summed E-state index contributed by atoms with van der Waals surface area (Å²) in [7, 11) is 0. The molecule has 1 aliphatic rings. The van der Waals surface area contributed by atoms with Crippen molar-refractivity contribution in [2.45, 2.75) is 25.4 Å². The van der Waals surface area contributed by atoms with Crippen LogP contribution in [0.2, 0.25) is 0 Å². The van der Waals surface area contributed by atoms with Gasteiger partial charge in [-0.15, -0.1) is 0 Å². The lowest BCUT2D eigenvalue weighted by molar-refractivity contribution is -0.00459. The average molecular weight is 262 g/mol. The van der Waals surface area contributed by atoms with E-state index in [2.05, 4.69) is 15.1 Å². The van der Waals surface area contributed by atoms with Crippen molar-refractivity contribution in [2.75, 3.05) is 6.61 Å². The molecule has 19 heavy (non-hydrogen) atoms. The van der Waals surface area contributed by atoms with Crippen molar-refractivity contribution < 1.29 is 14.1 Å². The fraction of sp³-hybridized carbons (Fsp3) is 0.417. The number of aromatic amines is 1. The molecule has 0 aliphatic carbocycles. The summed E-state index contributed by atoms with van der Waals surface area (Å²) in [5, 5.41) is 3.88. The van der Waals surface area contributed by atoms with Gasteiger partial charge in [0.15, 0.2) is 0 Å². The molecule has 2 aromatic rings. The predicted octanol–water partition coefficient (Wildman–Crippen LogP) is 1.41. The number of nitrogens with zero attached hydrogens (tertiary/aromatic N) is 2. The van der Waals surface area contributed by atoms with Crippen LogP contribution in [0.5, 0.6) is 0 Å². The average Bonchev–Trinajstić information content (AvgIpc) is 3.09. The van der Waals surface area contributed by atoms with Crippen LogP contribution >= 0.6 is 0 Å². The number of rotatable bonds is 3. The van der Waals surface area contributed by atoms with E-state index in [4.69, 9.17) is 15.0 Å². The lowest BCUT2D eigenvalue weighted by Gasteiger charge is -2.18. The quantitative estimate of drug-likeness (QED) is 0.869. The maximum absolute atomic E-state index is 11.0. The number of amides is 1. The molecule has 0 unspecified atom stereocenters. The molecule has 7 nitrogen and oxygen atoms in total. The Morgan fingerprint density at radius 2 is 2.37 bits per heavy atom. The van der Waals surface area contributed by atoms with Gasteiger partial charge in [0.25, 0.3) is 5.89 Å². The molecule has 0 saturated carbocycles. The minimum Gasteiger partial charge on any atom is -0.368 e. The molecule has 1 atom stereocenters. The van der Waals surface area contributed by atoms with Crippen molar-refractivity contribution in [3.05, 3.63) is 23.7 Å². The normalized spacial score (nSPS) is 19.5. The molecule has 0 radical (unpaired) electrons. The first-order chi connectivity index (χ1) is 9.24. The van der Waals surface area contributed by atoms with E-state index in [9.17, 15) is 4.79 Å². The van der Waals surface area contributed by atoms with Gasteiger partial charge in [0, 0.05) is 12.8 Å². The zero-order chi connectivity index (χ0) is 13.2. The Morgan fingerprint density at radius 1 is 1.47 bits per heavy atom. The minimum absolute atomic E-state index is 0.124. The van der Waals surface area contributed by atoms with Gasteiger partial charge < -0.3 is 20.0 Å². The summed E-state index contributed by atoms with van der Waals surface area (Å²) in [6.45, 7) is 0.719. The molecule has 100 valence electrons. The number of ether oxygens (including phenoxy) is 1. The smallest absolute Gasteiger partial charge is 0.256 e. The third-order valence-electron chi connectivity index (χ3n) is 3.11. The van der Waals surface area contributed by atoms with Gasteiger partial charge in [0.05, 0.1) is 11.3 Å². The molecule has 1 aliphatic heterocycles. The van der Waals surface area contributed by atoms with Crippen LogP contribution in [0.15, 0.2) is 16.8 Å².